The molecular formula is C24H40IN5O2. The normalized spacial score (nSPS) is 21.5. The smallest absolute Gasteiger partial charge is 0.243 e. The number of carbonyl (C=O) groups is 1. The number of nitrogens with zero attached hydrogens (tertiary/aromatic N) is 4. The maximum atomic E-state index is 12.1. The first-order chi connectivity index (χ1) is 15.1. The summed E-state index contributed by atoms with van der Waals surface area (Å²) >= 11 is 0. The summed E-state index contributed by atoms with van der Waals surface area (Å²) in [6, 6.07) is 10.9. The predicted molar refractivity (Wildman–Crippen MR) is 140 cm³/mol. The van der Waals surface area contributed by atoms with Crippen LogP contribution < -0.4 is 5.32 Å². The molecule has 0 saturated carbocycles. The van der Waals surface area contributed by atoms with Gasteiger partial charge < -0.3 is 19.9 Å². The highest BCUT2D eigenvalue weighted by Gasteiger charge is 2.27. The van der Waals surface area contributed by atoms with Crippen molar-refractivity contribution in [1.82, 2.24) is 20.0 Å². The summed E-state index contributed by atoms with van der Waals surface area (Å²) in [4.78, 5) is 23.2. The highest BCUT2D eigenvalue weighted by Crippen LogP contribution is 2.19. The Balaban J connectivity index is 0.00000363. The molecule has 0 aromatic heterocycles. The molecule has 0 bridgehead atoms. The van der Waals surface area contributed by atoms with Gasteiger partial charge in [-0.1, -0.05) is 37.3 Å². The van der Waals surface area contributed by atoms with E-state index in [4.69, 9.17) is 4.74 Å². The van der Waals surface area contributed by atoms with Crippen molar-refractivity contribution in [1.29, 1.82) is 0 Å². The molecule has 0 radical (unpaired) electrons. The lowest BCUT2D eigenvalue weighted by atomic mass is 10.1. The van der Waals surface area contributed by atoms with Gasteiger partial charge in [0.15, 0.2) is 5.96 Å². The average Bonchev–Trinajstić information content (AvgIpc) is 3.43. The van der Waals surface area contributed by atoms with Crippen LogP contribution in [0.1, 0.15) is 31.7 Å². The number of amides is 1. The quantitative estimate of drug-likeness (QED) is 0.288. The molecule has 2 aliphatic rings. The topological polar surface area (TPSA) is 60.4 Å². The Hall–Kier alpha value is -1.39. The molecule has 8 heteroatoms. The molecular weight excluding hydrogens is 517 g/mol. The van der Waals surface area contributed by atoms with E-state index in [2.05, 4.69) is 39.2 Å². The van der Waals surface area contributed by atoms with Crippen LogP contribution in [-0.2, 0) is 16.1 Å². The highest BCUT2D eigenvalue weighted by atomic mass is 127. The Kier molecular flexibility index (Phi) is 11.7. The van der Waals surface area contributed by atoms with Crippen molar-refractivity contribution in [2.75, 3.05) is 60.0 Å². The molecule has 0 aliphatic carbocycles. The van der Waals surface area contributed by atoms with Gasteiger partial charge >= 0.3 is 0 Å². The van der Waals surface area contributed by atoms with Crippen LogP contribution in [0.3, 0.4) is 0 Å². The number of nitrogens with one attached hydrogen (secondary N) is 1. The number of likely N-dealkylation sites (tertiary alicyclic amines) is 2. The van der Waals surface area contributed by atoms with Crippen LogP contribution in [0.4, 0.5) is 0 Å². The zero-order valence-electron chi connectivity index (χ0n) is 19.8. The third-order valence-electron chi connectivity index (χ3n) is 6.31. The molecule has 1 N–H and O–H groups in total. The molecule has 2 saturated heterocycles. The number of guanidine groups is 1. The number of hydrogen-bond acceptors (Lipinski definition) is 4. The SMILES string of the molecule is CCN1CCCC1CNC(=NCC(=O)N(C)C)N1CCC(COCc2ccccc2)C1.I. The van der Waals surface area contributed by atoms with Gasteiger partial charge in [-0.25, -0.2) is 4.99 Å². The van der Waals surface area contributed by atoms with Crippen LogP contribution in [0.15, 0.2) is 35.3 Å². The molecule has 2 fully saturated rings. The minimum atomic E-state index is 0. The van der Waals surface area contributed by atoms with Gasteiger partial charge in [0, 0.05) is 45.7 Å². The van der Waals surface area contributed by atoms with Crippen LogP contribution in [-0.4, -0.2) is 92.6 Å². The summed E-state index contributed by atoms with van der Waals surface area (Å²) in [5.41, 5.74) is 1.21. The van der Waals surface area contributed by atoms with Crippen LogP contribution in [0.5, 0.6) is 0 Å². The van der Waals surface area contributed by atoms with Gasteiger partial charge in [0.1, 0.15) is 6.54 Å². The van der Waals surface area contributed by atoms with Crippen LogP contribution in [0.2, 0.25) is 0 Å². The Morgan fingerprint density at radius 2 is 2.00 bits per heavy atom. The number of carbonyl (C=O) groups excluding carboxylic acids is 1. The first-order valence-electron chi connectivity index (χ1n) is 11.7. The minimum absolute atomic E-state index is 0. The van der Waals surface area contributed by atoms with Gasteiger partial charge in [-0.2, -0.15) is 0 Å². The zero-order chi connectivity index (χ0) is 22.1. The van der Waals surface area contributed by atoms with Gasteiger partial charge in [0.05, 0.1) is 13.2 Å². The molecule has 2 atom stereocenters. The van der Waals surface area contributed by atoms with Crippen LogP contribution >= 0.6 is 24.0 Å². The second kappa shape index (κ2) is 14.0. The highest BCUT2D eigenvalue weighted by molar-refractivity contribution is 14.0. The number of likely N-dealkylation sites (N-methyl/N-ethyl adjacent to an activating group) is 2. The van der Waals surface area contributed by atoms with Crippen molar-refractivity contribution >= 4 is 35.8 Å². The lowest BCUT2D eigenvalue weighted by Gasteiger charge is -2.27. The van der Waals surface area contributed by atoms with E-state index in [0.717, 1.165) is 45.2 Å². The maximum absolute atomic E-state index is 12.1. The van der Waals surface area contributed by atoms with Gasteiger partial charge in [-0.05, 0) is 37.9 Å². The molecule has 0 spiro atoms. The summed E-state index contributed by atoms with van der Waals surface area (Å²) in [6.45, 7) is 8.83. The van der Waals surface area contributed by atoms with Crippen molar-refractivity contribution in [3.63, 3.8) is 0 Å². The second-order valence-electron chi connectivity index (χ2n) is 8.83. The first-order valence-corrected chi connectivity index (χ1v) is 11.7. The van der Waals surface area contributed by atoms with Crippen molar-refractivity contribution < 1.29 is 9.53 Å². The van der Waals surface area contributed by atoms with Gasteiger partial charge in [0.25, 0.3) is 0 Å². The van der Waals surface area contributed by atoms with Gasteiger partial charge in [0.2, 0.25) is 5.91 Å². The van der Waals surface area contributed by atoms with Crippen molar-refractivity contribution in [2.24, 2.45) is 10.9 Å². The standard InChI is InChI=1S/C24H39N5O2.HI/c1-4-28-13-8-11-22(28)15-25-24(26-16-23(30)27(2)3)29-14-12-21(17-29)19-31-18-20-9-6-5-7-10-20;/h5-7,9-10,21-22H,4,8,11-19H2,1-3H3,(H,25,26);1H. The number of hydrogen-bond donors (Lipinski definition) is 1. The predicted octanol–water partition coefficient (Wildman–Crippen LogP) is 2.66. The number of halogens is 1. The van der Waals surface area contributed by atoms with Crippen LogP contribution in [0, 0.1) is 5.92 Å². The Labute approximate surface area is 210 Å². The summed E-state index contributed by atoms with van der Waals surface area (Å²) in [6.07, 6.45) is 3.57. The van der Waals surface area contributed by atoms with E-state index in [1.165, 1.54) is 24.9 Å². The summed E-state index contributed by atoms with van der Waals surface area (Å²) < 4.78 is 5.98. The summed E-state index contributed by atoms with van der Waals surface area (Å²) in [7, 11) is 3.55. The maximum Gasteiger partial charge on any atom is 0.243 e. The monoisotopic (exact) mass is 557 g/mol. The number of rotatable bonds is 9. The van der Waals surface area contributed by atoms with Crippen molar-refractivity contribution in [2.45, 2.75) is 38.8 Å². The lowest BCUT2D eigenvalue weighted by molar-refractivity contribution is -0.127. The molecule has 32 heavy (non-hydrogen) atoms. The largest absolute Gasteiger partial charge is 0.376 e. The second-order valence-corrected chi connectivity index (χ2v) is 8.83. The Morgan fingerprint density at radius 3 is 2.72 bits per heavy atom. The lowest BCUT2D eigenvalue weighted by Crippen LogP contribution is -2.46. The Bertz CT molecular complexity index is 716. The average molecular weight is 558 g/mol. The van der Waals surface area contributed by atoms with E-state index in [0.29, 0.717) is 18.6 Å². The van der Waals surface area contributed by atoms with Gasteiger partial charge in [-0.15, -0.1) is 24.0 Å². The summed E-state index contributed by atoms with van der Waals surface area (Å²) in [5.74, 6) is 1.37. The number of aliphatic imine (C=N–C) groups is 1. The van der Waals surface area contributed by atoms with E-state index in [1.807, 2.05) is 18.2 Å². The molecule has 1 aromatic rings. The van der Waals surface area contributed by atoms with Crippen molar-refractivity contribution in [3.8, 4) is 0 Å². The fourth-order valence-corrected chi connectivity index (χ4v) is 4.38. The third-order valence-corrected chi connectivity index (χ3v) is 6.31. The van der Waals surface area contributed by atoms with Crippen molar-refractivity contribution in [3.05, 3.63) is 35.9 Å². The van der Waals surface area contributed by atoms with E-state index < -0.39 is 0 Å². The fourth-order valence-electron chi connectivity index (χ4n) is 4.38. The molecule has 1 amide bonds. The van der Waals surface area contributed by atoms with E-state index >= 15 is 0 Å². The molecule has 180 valence electrons. The molecule has 2 aliphatic heterocycles. The Morgan fingerprint density at radius 1 is 1.22 bits per heavy atom. The van der Waals surface area contributed by atoms with Crippen LogP contribution in [0.25, 0.3) is 0 Å². The molecule has 2 heterocycles. The molecule has 2 unspecified atom stereocenters. The first kappa shape index (κ1) is 26.9. The van der Waals surface area contributed by atoms with E-state index in [9.17, 15) is 4.79 Å². The number of ether oxygens (including phenoxy) is 1. The summed E-state index contributed by atoms with van der Waals surface area (Å²) in [5, 5.41) is 3.59. The van der Waals surface area contributed by atoms with E-state index in [1.54, 1.807) is 19.0 Å². The minimum Gasteiger partial charge on any atom is -0.376 e. The molecule has 3 rings (SSSR count). The number of benzene rings is 1. The molecule has 7 nitrogen and oxygen atoms in total. The third kappa shape index (κ3) is 8.19. The molecule has 1 aromatic carbocycles. The zero-order valence-corrected chi connectivity index (χ0v) is 22.2. The fraction of sp³-hybridized carbons (Fsp3) is 0.667. The van der Waals surface area contributed by atoms with Gasteiger partial charge in [-0.3, -0.25) is 9.69 Å². The van der Waals surface area contributed by atoms with E-state index in [-0.39, 0.29) is 36.4 Å².